The highest BCUT2D eigenvalue weighted by atomic mass is 32.2. The van der Waals surface area contributed by atoms with E-state index < -0.39 is 22.0 Å². The Morgan fingerprint density at radius 1 is 1.12 bits per heavy atom. The molecule has 1 heterocycles. The van der Waals surface area contributed by atoms with Gasteiger partial charge >= 0.3 is 0 Å². The molecule has 0 saturated heterocycles. The summed E-state index contributed by atoms with van der Waals surface area (Å²) in [6, 6.07) is 9.33. The summed E-state index contributed by atoms with van der Waals surface area (Å²) in [7, 11) is -2.50. The number of methoxy groups -OCH3 is 1. The lowest BCUT2D eigenvalue weighted by molar-refractivity contribution is -0.118. The smallest absolute Gasteiger partial charge is 0.243 e. The Labute approximate surface area is 192 Å². The fourth-order valence-corrected chi connectivity index (χ4v) is 5.31. The van der Waals surface area contributed by atoms with Crippen LogP contribution in [0.15, 0.2) is 50.0 Å². The molecule has 172 valence electrons. The number of ether oxygens (including phenoxy) is 1. The monoisotopic (exact) mass is 476 g/mol. The Balaban J connectivity index is 1.90. The minimum Gasteiger partial charge on any atom is -0.495 e. The van der Waals surface area contributed by atoms with Crippen molar-refractivity contribution in [3.63, 3.8) is 0 Å². The van der Waals surface area contributed by atoms with Crippen molar-refractivity contribution in [2.75, 3.05) is 12.4 Å². The van der Waals surface area contributed by atoms with Gasteiger partial charge < -0.3 is 10.1 Å². The second kappa shape index (κ2) is 9.13. The zero-order valence-electron chi connectivity index (χ0n) is 19.0. The molecule has 8 nitrogen and oxygen atoms in total. The molecule has 0 aromatic heterocycles. The topological polar surface area (TPSA) is 109 Å². The number of sulfonamides is 1. The lowest BCUT2D eigenvalue weighted by Gasteiger charge is -2.24. The predicted octanol–water partition coefficient (Wildman–Crippen LogP) is 4.66. The Morgan fingerprint density at radius 3 is 2.47 bits per heavy atom. The van der Waals surface area contributed by atoms with E-state index in [1.807, 2.05) is 12.1 Å². The highest BCUT2D eigenvalue weighted by molar-refractivity contribution is 7.89. The van der Waals surface area contributed by atoms with E-state index in [9.17, 15) is 13.2 Å². The summed E-state index contributed by atoms with van der Waals surface area (Å²) in [4.78, 5) is 13.2. The second-order valence-corrected chi connectivity index (χ2v) is 11.1. The molecule has 0 radical (unpaired) electrons. The fourth-order valence-electron chi connectivity index (χ4n) is 3.20. The van der Waals surface area contributed by atoms with Gasteiger partial charge in [-0.05, 0) is 41.2 Å². The summed E-state index contributed by atoms with van der Waals surface area (Å²) in [6.07, 6.45) is 0. The van der Waals surface area contributed by atoms with Crippen molar-refractivity contribution >= 4 is 44.3 Å². The minimum absolute atomic E-state index is 0.00508. The maximum atomic E-state index is 13.2. The first-order valence-corrected chi connectivity index (χ1v) is 12.4. The minimum atomic E-state index is -4.02. The van der Waals surface area contributed by atoms with E-state index in [-0.39, 0.29) is 21.9 Å². The molecular formula is C22H28N4O4S2. The third-order valence-corrected chi connectivity index (χ3v) is 7.11. The quantitative estimate of drug-likeness (QED) is 0.517. The fraction of sp³-hybridized carbons (Fsp3) is 0.409. The maximum absolute atomic E-state index is 13.2. The van der Waals surface area contributed by atoms with Crippen LogP contribution in [0.25, 0.3) is 0 Å². The van der Waals surface area contributed by atoms with Crippen LogP contribution in [0.2, 0.25) is 0 Å². The first-order chi connectivity index (χ1) is 14.9. The van der Waals surface area contributed by atoms with Gasteiger partial charge in [0.15, 0.2) is 0 Å². The molecule has 1 aliphatic rings. The van der Waals surface area contributed by atoms with Gasteiger partial charge in [0.25, 0.3) is 0 Å². The number of nitrogens with zero attached hydrogens (tertiary/aromatic N) is 2. The van der Waals surface area contributed by atoms with Crippen molar-refractivity contribution in [2.24, 2.45) is 14.6 Å². The Bertz CT molecular complexity index is 1210. The van der Waals surface area contributed by atoms with Crippen LogP contribution >= 0.6 is 0 Å². The van der Waals surface area contributed by atoms with Gasteiger partial charge in [0.2, 0.25) is 15.9 Å². The zero-order chi connectivity index (χ0) is 23.7. The molecule has 10 heteroatoms. The molecule has 0 saturated carbocycles. The highest BCUT2D eigenvalue weighted by Gasteiger charge is 2.31. The average Bonchev–Trinajstić information content (AvgIpc) is 3.19. The summed E-state index contributed by atoms with van der Waals surface area (Å²) in [5, 5.41) is 2.84. The van der Waals surface area contributed by atoms with Gasteiger partial charge in [0.05, 0.1) is 24.2 Å². The van der Waals surface area contributed by atoms with Gasteiger partial charge in [0.1, 0.15) is 28.1 Å². The largest absolute Gasteiger partial charge is 0.495 e. The number of fused-ring (bicyclic) bond motifs is 1. The van der Waals surface area contributed by atoms with Crippen LogP contribution in [-0.2, 0) is 31.6 Å². The molecule has 0 bridgehead atoms. The molecule has 0 aliphatic carbocycles. The predicted molar refractivity (Wildman–Crippen MR) is 127 cm³/mol. The molecule has 0 unspecified atom stereocenters. The lowest BCUT2D eigenvalue weighted by Crippen LogP contribution is -2.47. The van der Waals surface area contributed by atoms with E-state index in [0.29, 0.717) is 17.1 Å². The molecule has 3 rings (SSSR count). The molecule has 0 fully saturated rings. The normalized spacial score (nSPS) is 14.1. The Kier molecular flexibility index (Phi) is 6.87. The molecule has 1 atom stereocenters. The SMILES string of the molecule is COc1ccc(C(C)(C)C)cc1NC(=O)[C@@H](NS(=O)(=O)c1cccc2c1N=S=N2)C(C)C. The zero-order valence-corrected chi connectivity index (χ0v) is 20.6. The van der Waals surface area contributed by atoms with E-state index in [0.717, 1.165) is 16.9 Å². The summed E-state index contributed by atoms with van der Waals surface area (Å²) in [6.45, 7) is 9.76. The van der Waals surface area contributed by atoms with Crippen LogP contribution in [0.3, 0.4) is 0 Å². The number of carbonyl (C=O) groups excluding carboxylic acids is 1. The number of carbonyl (C=O) groups is 1. The van der Waals surface area contributed by atoms with E-state index in [2.05, 4.69) is 39.5 Å². The summed E-state index contributed by atoms with van der Waals surface area (Å²) in [5.74, 6) is -0.291. The van der Waals surface area contributed by atoms with Gasteiger partial charge in [-0.1, -0.05) is 46.8 Å². The van der Waals surface area contributed by atoms with Gasteiger partial charge in [-0.15, -0.1) is 0 Å². The summed E-state index contributed by atoms with van der Waals surface area (Å²) < 4.78 is 42.4. The van der Waals surface area contributed by atoms with Gasteiger partial charge in [0, 0.05) is 0 Å². The van der Waals surface area contributed by atoms with Crippen LogP contribution in [0.1, 0.15) is 40.2 Å². The first-order valence-electron chi connectivity index (χ1n) is 10.2. The molecular weight excluding hydrogens is 448 g/mol. The Hall–Kier alpha value is -2.56. The molecule has 32 heavy (non-hydrogen) atoms. The third kappa shape index (κ3) is 5.08. The number of hydrogen-bond acceptors (Lipinski definition) is 6. The van der Waals surface area contributed by atoms with Crippen LogP contribution in [0.5, 0.6) is 5.75 Å². The third-order valence-electron chi connectivity index (χ3n) is 5.09. The van der Waals surface area contributed by atoms with Gasteiger partial charge in [-0.2, -0.15) is 13.4 Å². The van der Waals surface area contributed by atoms with Crippen LogP contribution in [0.4, 0.5) is 17.1 Å². The standard InChI is InChI=1S/C22H28N4O4S2/c1-13(2)19(26-32(28,29)18-9-7-8-15-20(18)25-31-24-15)21(27)23-16-12-14(22(3,4)5)10-11-17(16)30-6/h7-13,19,26H,1-6H3,(H,23,27)/t19-/m0/s1. The van der Waals surface area contributed by atoms with Crippen molar-refractivity contribution in [3.8, 4) is 5.75 Å². The van der Waals surface area contributed by atoms with Crippen molar-refractivity contribution < 1.29 is 17.9 Å². The lowest BCUT2D eigenvalue weighted by atomic mass is 9.86. The van der Waals surface area contributed by atoms with Crippen LogP contribution < -0.4 is 14.8 Å². The molecule has 1 amide bonds. The van der Waals surface area contributed by atoms with Crippen LogP contribution in [0, 0.1) is 5.92 Å². The first kappa shape index (κ1) is 24.1. The highest BCUT2D eigenvalue weighted by Crippen LogP contribution is 2.37. The number of amides is 1. The molecule has 0 spiro atoms. The number of nitrogens with one attached hydrogen (secondary N) is 2. The van der Waals surface area contributed by atoms with Gasteiger partial charge in [-0.3, -0.25) is 4.79 Å². The summed E-state index contributed by atoms with van der Waals surface area (Å²) >= 11 is 0.938. The maximum Gasteiger partial charge on any atom is 0.243 e. The summed E-state index contributed by atoms with van der Waals surface area (Å²) in [5.41, 5.74) is 2.14. The number of anilines is 1. The number of hydrogen-bond donors (Lipinski definition) is 2. The average molecular weight is 477 g/mol. The van der Waals surface area contributed by atoms with E-state index in [1.165, 1.54) is 13.2 Å². The van der Waals surface area contributed by atoms with Crippen molar-refractivity contribution in [2.45, 2.75) is 51.0 Å². The van der Waals surface area contributed by atoms with Crippen molar-refractivity contribution in [3.05, 3.63) is 42.0 Å². The molecule has 2 aromatic rings. The molecule has 1 aliphatic heterocycles. The van der Waals surface area contributed by atoms with Crippen LogP contribution in [-0.4, -0.2) is 27.5 Å². The van der Waals surface area contributed by atoms with Crippen molar-refractivity contribution in [1.29, 1.82) is 0 Å². The van der Waals surface area contributed by atoms with Gasteiger partial charge in [-0.25, -0.2) is 8.42 Å². The van der Waals surface area contributed by atoms with E-state index >= 15 is 0 Å². The number of rotatable bonds is 7. The van der Waals surface area contributed by atoms with E-state index in [1.54, 1.807) is 32.0 Å². The molecule has 2 N–H and O–H groups in total. The number of benzene rings is 2. The molecule has 2 aromatic carbocycles. The van der Waals surface area contributed by atoms with E-state index in [4.69, 9.17) is 4.74 Å². The second-order valence-electron chi connectivity index (χ2n) is 8.89. The van der Waals surface area contributed by atoms with Crippen molar-refractivity contribution in [1.82, 2.24) is 4.72 Å². The Morgan fingerprint density at radius 2 is 1.84 bits per heavy atom.